The van der Waals surface area contributed by atoms with Gasteiger partial charge in [-0.25, -0.2) is 8.42 Å². The van der Waals surface area contributed by atoms with Gasteiger partial charge in [0.1, 0.15) is 0 Å². The van der Waals surface area contributed by atoms with Crippen LogP contribution in [0.4, 0.5) is 13.2 Å². The van der Waals surface area contributed by atoms with Crippen molar-refractivity contribution in [2.24, 2.45) is 5.73 Å². The fourth-order valence-corrected chi connectivity index (χ4v) is 4.25. The molecule has 1 heterocycles. The van der Waals surface area contributed by atoms with Gasteiger partial charge in [-0.05, 0) is 37.1 Å². The predicted octanol–water partition coefficient (Wildman–Crippen LogP) is 1.83. The van der Waals surface area contributed by atoms with Gasteiger partial charge in [-0.2, -0.15) is 17.5 Å². The van der Waals surface area contributed by atoms with Gasteiger partial charge in [0.15, 0.2) is 0 Å². The normalized spacial score (nSPS) is 17.6. The van der Waals surface area contributed by atoms with Gasteiger partial charge in [0, 0.05) is 32.3 Å². The molecule has 9 heteroatoms. The summed E-state index contributed by atoms with van der Waals surface area (Å²) in [5.74, 6) is 0. The first-order valence-corrected chi connectivity index (χ1v) is 8.67. The fraction of sp³-hybridized carbons (Fsp3) is 0.571. The highest BCUT2D eigenvalue weighted by atomic mass is 32.2. The molecule has 0 radical (unpaired) electrons. The number of alkyl halides is 3. The number of rotatable bonds is 5. The monoisotopic (exact) mass is 352 g/mol. The Morgan fingerprint density at radius 1 is 1.17 bits per heavy atom. The van der Waals surface area contributed by atoms with E-state index in [1.54, 1.807) is 0 Å². The Morgan fingerprint density at radius 3 is 2.22 bits per heavy atom. The Bertz CT molecular complexity index is 611. The molecule has 0 unspecified atom stereocenters. The van der Waals surface area contributed by atoms with E-state index in [4.69, 9.17) is 10.5 Å². The van der Waals surface area contributed by atoms with Crippen molar-refractivity contribution in [3.05, 3.63) is 29.8 Å². The molecule has 5 nitrogen and oxygen atoms in total. The average molecular weight is 352 g/mol. The lowest BCUT2D eigenvalue weighted by Gasteiger charge is -2.33. The first-order chi connectivity index (χ1) is 10.8. The third kappa shape index (κ3) is 4.23. The van der Waals surface area contributed by atoms with Crippen molar-refractivity contribution in [2.75, 3.05) is 26.3 Å². The number of nitrogens with zero attached hydrogens (tertiary/aromatic N) is 1. The van der Waals surface area contributed by atoms with Crippen molar-refractivity contribution in [3.63, 3.8) is 0 Å². The molecule has 0 spiro atoms. The van der Waals surface area contributed by atoms with Gasteiger partial charge in [-0.3, -0.25) is 0 Å². The van der Waals surface area contributed by atoms with E-state index in [1.165, 1.54) is 4.31 Å². The second kappa shape index (κ2) is 7.16. The third-order valence-electron chi connectivity index (χ3n) is 3.74. The summed E-state index contributed by atoms with van der Waals surface area (Å²) >= 11 is 0. The SMILES string of the molecule is NCCN(C1CCOCC1)S(=O)(=O)c1ccc(C(F)(F)F)cc1. The minimum Gasteiger partial charge on any atom is -0.381 e. The molecule has 23 heavy (non-hydrogen) atoms. The second-order valence-corrected chi connectivity index (χ2v) is 7.16. The molecule has 0 saturated carbocycles. The Balaban J connectivity index is 2.29. The van der Waals surface area contributed by atoms with Crippen LogP contribution in [0.25, 0.3) is 0 Å². The summed E-state index contributed by atoms with van der Waals surface area (Å²) < 4.78 is 69.7. The second-order valence-electron chi connectivity index (χ2n) is 5.27. The standard InChI is InChI=1S/C14H19F3N2O3S/c15-14(16,17)11-1-3-13(4-2-11)23(20,21)19(8-7-18)12-5-9-22-10-6-12/h1-4,12H,5-10,18H2. The zero-order valence-electron chi connectivity index (χ0n) is 12.4. The molecule has 0 amide bonds. The van der Waals surface area contributed by atoms with Crippen LogP contribution in [0.2, 0.25) is 0 Å². The van der Waals surface area contributed by atoms with Crippen LogP contribution in [-0.2, 0) is 20.9 Å². The minimum absolute atomic E-state index is 0.119. The molecule has 0 aliphatic carbocycles. The zero-order valence-corrected chi connectivity index (χ0v) is 13.2. The smallest absolute Gasteiger partial charge is 0.381 e. The van der Waals surface area contributed by atoms with Crippen molar-refractivity contribution in [1.29, 1.82) is 0 Å². The van der Waals surface area contributed by atoms with Crippen LogP contribution in [0.3, 0.4) is 0 Å². The van der Waals surface area contributed by atoms with E-state index in [9.17, 15) is 21.6 Å². The Morgan fingerprint density at radius 2 is 1.74 bits per heavy atom. The van der Waals surface area contributed by atoms with Crippen LogP contribution < -0.4 is 5.73 Å². The van der Waals surface area contributed by atoms with Crippen LogP contribution in [0.1, 0.15) is 18.4 Å². The Kier molecular flexibility index (Phi) is 5.66. The minimum atomic E-state index is -4.50. The van der Waals surface area contributed by atoms with Crippen LogP contribution in [0.5, 0.6) is 0 Å². The number of sulfonamides is 1. The molecule has 0 bridgehead atoms. The number of ether oxygens (including phenoxy) is 1. The van der Waals surface area contributed by atoms with Gasteiger partial charge >= 0.3 is 6.18 Å². The number of halogens is 3. The molecule has 2 N–H and O–H groups in total. The van der Waals surface area contributed by atoms with E-state index in [-0.39, 0.29) is 24.0 Å². The van der Waals surface area contributed by atoms with Gasteiger partial charge < -0.3 is 10.5 Å². The van der Waals surface area contributed by atoms with E-state index < -0.39 is 21.8 Å². The van der Waals surface area contributed by atoms with Gasteiger partial charge in [0.05, 0.1) is 10.5 Å². The van der Waals surface area contributed by atoms with Crippen molar-refractivity contribution >= 4 is 10.0 Å². The average Bonchev–Trinajstić information content (AvgIpc) is 2.52. The van der Waals surface area contributed by atoms with Crippen LogP contribution in [0, 0.1) is 0 Å². The number of benzene rings is 1. The summed E-state index contributed by atoms with van der Waals surface area (Å²) in [5, 5.41) is 0. The fourth-order valence-electron chi connectivity index (χ4n) is 2.55. The van der Waals surface area contributed by atoms with Gasteiger partial charge in [0.25, 0.3) is 0 Å². The molecule has 2 rings (SSSR count). The molecule has 0 aromatic heterocycles. The maximum atomic E-state index is 12.7. The maximum absolute atomic E-state index is 12.7. The molecule has 1 aromatic rings. The first-order valence-electron chi connectivity index (χ1n) is 7.23. The largest absolute Gasteiger partial charge is 0.416 e. The molecule has 1 saturated heterocycles. The number of hydrogen-bond donors (Lipinski definition) is 1. The molecule has 130 valence electrons. The van der Waals surface area contributed by atoms with Gasteiger partial charge in [-0.1, -0.05) is 0 Å². The van der Waals surface area contributed by atoms with Crippen molar-refractivity contribution < 1.29 is 26.3 Å². The molecule has 1 fully saturated rings. The summed E-state index contributed by atoms with van der Waals surface area (Å²) in [4.78, 5) is -0.162. The summed E-state index contributed by atoms with van der Waals surface area (Å²) in [6, 6.07) is 3.27. The highest BCUT2D eigenvalue weighted by Crippen LogP contribution is 2.31. The molecular formula is C14H19F3N2O3S. The third-order valence-corrected chi connectivity index (χ3v) is 5.70. The van der Waals surface area contributed by atoms with Crippen molar-refractivity contribution in [2.45, 2.75) is 30.0 Å². The highest BCUT2D eigenvalue weighted by Gasteiger charge is 2.34. The van der Waals surface area contributed by atoms with Crippen LogP contribution in [-0.4, -0.2) is 45.1 Å². The van der Waals surface area contributed by atoms with Crippen LogP contribution in [0.15, 0.2) is 29.2 Å². The van der Waals surface area contributed by atoms with Crippen molar-refractivity contribution in [1.82, 2.24) is 4.31 Å². The number of nitrogens with two attached hydrogens (primary N) is 1. The summed E-state index contributed by atoms with van der Waals surface area (Å²) in [7, 11) is -3.89. The summed E-state index contributed by atoms with van der Waals surface area (Å²) in [5.41, 5.74) is 4.62. The van der Waals surface area contributed by atoms with E-state index in [2.05, 4.69) is 0 Å². The van der Waals surface area contributed by atoms with E-state index in [0.29, 0.717) is 26.1 Å². The lowest BCUT2D eigenvalue weighted by Crippen LogP contribution is -2.45. The highest BCUT2D eigenvalue weighted by molar-refractivity contribution is 7.89. The van der Waals surface area contributed by atoms with E-state index in [1.807, 2.05) is 0 Å². The Hall–Kier alpha value is -1.16. The zero-order chi connectivity index (χ0) is 17.1. The summed E-state index contributed by atoms with van der Waals surface area (Å²) in [6.45, 7) is 1.16. The summed E-state index contributed by atoms with van der Waals surface area (Å²) in [6.07, 6.45) is -3.42. The van der Waals surface area contributed by atoms with Gasteiger partial charge in [-0.15, -0.1) is 0 Å². The van der Waals surface area contributed by atoms with Crippen LogP contribution >= 0.6 is 0 Å². The molecule has 0 atom stereocenters. The lowest BCUT2D eigenvalue weighted by molar-refractivity contribution is -0.137. The topological polar surface area (TPSA) is 72.6 Å². The molecule has 1 aromatic carbocycles. The van der Waals surface area contributed by atoms with E-state index >= 15 is 0 Å². The van der Waals surface area contributed by atoms with E-state index in [0.717, 1.165) is 24.3 Å². The predicted molar refractivity (Wildman–Crippen MR) is 78.2 cm³/mol. The molecule has 1 aliphatic heterocycles. The van der Waals surface area contributed by atoms with Gasteiger partial charge in [0.2, 0.25) is 10.0 Å². The molecule has 1 aliphatic rings. The lowest BCUT2D eigenvalue weighted by atomic mass is 10.1. The molecular weight excluding hydrogens is 333 g/mol. The Labute approximate surface area is 133 Å². The number of hydrogen-bond acceptors (Lipinski definition) is 4. The first kappa shape index (κ1) is 18.2. The quantitative estimate of drug-likeness (QED) is 0.878. The van der Waals surface area contributed by atoms with Crippen molar-refractivity contribution in [3.8, 4) is 0 Å². The maximum Gasteiger partial charge on any atom is 0.416 e.